The largest absolute Gasteiger partial charge is 0.497 e. The Morgan fingerprint density at radius 2 is 1.77 bits per heavy atom. The van der Waals surface area contributed by atoms with Crippen LogP contribution in [-0.2, 0) is 14.3 Å². The van der Waals surface area contributed by atoms with Crippen LogP contribution in [0.3, 0.4) is 0 Å². The molecule has 182 valence electrons. The molecule has 2 aliphatic heterocycles. The van der Waals surface area contributed by atoms with Crippen molar-refractivity contribution in [3.05, 3.63) is 68.8 Å². The predicted molar refractivity (Wildman–Crippen MR) is 150 cm³/mol. The Labute approximate surface area is 219 Å². The highest BCUT2D eigenvalue weighted by Gasteiger charge is 2.45. The lowest BCUT2D eigenvalue weighted by molar-refractivity contribution is -0.137. The van der Waals surface area contributed by atoms with Crippen molar-refractivity contribution in [3.63, 3.8) is 0 Å². The van der Waals surface area contributed by atoms with Crippen LogP contribution >= 0.6 is 35.7 Å². The van der Waals surface area contributed by atoms with Crippen molar-refractivity contribution in [1.82, 2.24) is 0 Å². The summed E-state index contributed by atoms with van der Waals surface area (Å²) in [6, 6.07) is 15.5. The number of amides is 1. The summed E-state index contributed by atoms with van der Waals surface area (Å²) >= 11 is 8.96. The molecule has 0 saturated carbocycles. The topological polar surface area (TPSA) is 55.8 Å². The molecule has 0 aromatic heterocycles. The number of hydrogen-bond acceptors (Lipinski definition) is 7. The van der Waals surface area contributed by atoms with Crippen molar-refractivity contribution in [2.45, 2.75) is 39.7 Å². The molecular weight excluding hydrogens is 499 g/mol. The lowest BCUT2D eigenvalue weighted by Gasteiger charge is -2.45. The molecule has 0 spiro atoms. The highest BCUT2D eigenvalue weighted by molar-refractivity contribution is 8.32. The summed E-state index contributed by atoms with van der Waals surface area (Å²) in [6.07, 6.45) is 0.361. The van der Waals surface area contributed by atoms with Gasteiger partial charge >= 0.3 is 5.97 Å². The third-order valence-corrected chi connectivity index (χ3v) is 9.24. The first-order valence-corrected chi connectivity index (χ1v) is 13.4. The first-order valence-electron chi connectivity index (χ1n) is 11.4. The molecule has 2 aromatic rings. The van der Waals surface area contributed by atoms with Gasteiger partial charge in [-0.2, -0.15) is 0 Å². The number of methoxy groups -OCH3 is 1. The van der Waals surface area contributed by atoms with Crippen molar-refractivity contribution in [2.24, 2.45) is 0 Å². The molecule has 2 heterocycles. The minimum absolute atomic E-state index is 0.00476. The Kier molecular flexibility index (Phi) is 7.45. The van der Waals surface area contributed by atoms with Crippen LogP contribution in [0.2, 0.25) is 0 Å². The maximum Gasteiger partial charge on any atom is 0.346 e. The van der Waals surface area contributed by atoms with Gasteiger partial charge in [-0.25, -0.2) is 4.79 Å². The molecule has 5 nitrogen and oxygen atoms in total. The number of carbonyl (C=O) groups is 2. The fourth-order valence-electron chi connectivity index (χ4n) is 4.19. The molecular formula is C27H27NO4S3. The highest BCUT2D eigenvalue weighted by atomic mass is 32.2. The summed E-state index contributed by atoms with van der Waals surface area (Å²) in [5.74, 6) is 0.312. The van der Waals surface area contributed by atoms with Crippen LogP contribution in [0.5, 0.6) is 5.75 Å². The number of carbonyl (C=O) groups excluding carboxylic acids is 2. The molecule has 35 heavy (non-hydrogen) atoms. The molecule has 2 aromatic carbocycles. The van der Waals surface area contributed by atoms with Crippen molar-refractivity contribution < 1.29 is 19.1 Å². The number of esters is 1. The van der Waals surface area contributed by atoms with E-state index in [9.17, 15) is 9.59 Å². The maximum absolute atomic E-state index is 13.1. The van der Waals surface area contributed by atoms with Crippen LogP contribution in [0, 0.1) is 0 Å². The number of ether oxygens (including phenoxy) is 2. The van der Waals surface area contributed by atoms with E-state index in [1.54, 1.807) is 18.9 Å². The Hall–Kier alpha value is -2.55. The van der Waals surface area contributed by atoms with Crippen LogP contribution in [0.25, 0.3) is 10.5 Å². The van der Waals surface area contributed by atoms with Crippen LogP contribution in [0.4, 0.5) is 5.69 Å². The van der Waals surface area contributed by atoms with Crippen LogP contribution < -0.4 is 9.64 Å². The van der Waals surface area contributed by atoms with Gasteiger partial charge in [0.25, 0.3) is 0 Å². The number of thiocarbonyl (C=S) groups is 1. The van der Waals surface area contributed by atoms with E-state index in [1.807, 2.05) is 69.3 Å². The van der Waals surface area contributed by atoms with E-state index in [-0.39, 0.29) is 11.9 Å². The lowest BCUT2D eigenvalue weighted by atomic mass is 9.83. The van der Waals surface area contributed by atoms with Gasteiger partial charge in [-0.05, 0) is 44.5 Å². The second kappa shape index (κ2) is 10.2. The second-order valence-electron chi connectivity index (χ2n) is 8.47. The first-order chi connectivity index (χ1) is 16.7. The minimum Gasteiger partial charge on any atom is -0.497 e. The third kappa shape index (κ3) is 4.55. The molecule has 0 unspecified atom stereocenters. The first kappa shape index (κ1) is 25.5. The van der Waals surface area contributed by atoms with Crippen molar-refractivity contribution in [1.29, 1.82) is 0 Å². The summed E-state index contributed by atoms with van der Waals surface area (Å²) in [5.41, 5.74) is 2.67. The standard InChI is InChI=1S/C27H27NO4S3/c1-6-20(29)28-19-14-13-17(31-5)15-18(19)21(24(33)27(28,3)4)26-34-22(16-11-9-8-10-12-16)23(35-26)25(30)32-7-2/h8-15H,6-7H2,1-5H3. The smallest absolute Gasteiger partial charge is 0.346 e. The summed E-state index contributed by atoms with van der Waals surface area (Å²) in [4.78, 5) is 29.8. The molecule has 1 amide bonds. The minimum atomic E-state index is -0.729. The highest BCUT2D eigenvalue weighted by Crippen LogP contribution is 2.58. The number of hydrogen-bond donors (Lipinski definition) is 0. The van der Waals surface area contributed by atoms with Gasteiger partial charge in [0.05, 0.1) is 34.0 Å². The molecule has 4 rings (SSSR count). The summed E-state index contributed by atoms with van der Waals surface area (Å²) in [5, 5.41) is 0. The zero-order valence-electron chi connectivity index (χ0n) is 20.3. The van der Waals surface area contributed by atoms with E-state index in [0.717, 1.165) is 31.5 Å². The summed E-state index contributed by atoms with van der Waals surface area (Å²) in [7, 11) is 1.61. The zero-order valence-corrected chi connectivity index (χ0v) is 22.8. The van der Waals surface area contributed by atoms with Gasteiger partial charge < -0.3 is 14.4 Å². The summed E-state index contributed by atoms with van der Waals surface area (Å²) < 4.78 is 11.8. The van der Waals surface area contributed by atoms with Gasteiger partial charge in [0.15, 0.2) is 0 Å². The maximum atomic E-state index is 13.1. The molecule has 0 atom stereocenters. The Bertz CT molecular complexity index is 1260. The van der Waals surface area contributed by atoms with E-state index in [4.69, 9.17) is 21.7 Å². The molecule has 0 bridgehead atoms. The van der Waals surface area contributed by atoms with Gasteiger partial charge in [-0.1, -0.05) is 73.0 Å². The average Bonchev–Trinajstić information content (AvgIpc) is 3.30. The third-order valence-electron chi connectivity index (χ3n) is 5.90. The molecule has 0 radical (unpaired) electrons. The number of anilines is 1. The van der Waals surface area contributed by atoms with Gasteiger partial charge in [-0.15, -0.1) is 0 Å². The van der Waals surface area contributed by atoms with E-state index in [2.05, 4.69) is 0 Å². The second-order valence-corrected chi connectivity index (χ2v) is 11.2. The number of benzene rings is 2. The zero-order chi connectivity index (χ0) is 25.3. The van der Waals surface area contributed by atoms with Gasteiger partial charge in [0.1, 0.15) is 10.7 Å². The van der Waals surface area contributed by atoms with E-state index in [0.29, 0.717) is 28.5 Å². The van der Waals surface area contributed by atoms with Gasteiger partial charge in [0.2, 0.25) is 5.91 Å². The van der Waals surface area contributed by atoms with Crippen molar-refractivity contribution in [2.75, 3.05) is 18.6 Å². The van der Waals surface area contributed by atoms with E-state index < -0.39 is 5.54 Å². The molecule has 0 saturated heterocycles. The quantitative estimate of drug-likeness (QED) is 0.245. The van der Waals surface area contributed by atoms with Gasteiger partial charge in [0, 0.05) is 22.5 Å². The summed E-state index contributed by atoms with van der Waals surface area (Å²) in [6.45, 7) is 7.88. The van der Waals surface area contributed by atoms with Crippen LogP contribution in [0.1, 0.15) is 45.2 Å². The average molecular weight is 526 g/mol. The fraction of sp³-hybridized carbons (Fsp3) is 0.296. The van der Waals surface area contributed by atoms with Crippen molar-refractivity contribution >= 4 is 68.6 Å². The molecule has 2 aliphatic rings. The van der Waals surface area contributed by atoms with Crippen LogP contribution in [0.15, 0.2) is 57.7 Å². The predicted octanol–water partition coefficient (Wildman–Crippen LogP) is 6.68. The number of fused-ring (bicyclic) bond motifs is 1. The van der Waals surface area contributed by atoms with E-state index in [1.165, 1.54) is 23.5 Å². The van der Waals surface area contributed by atoms with Crippen LogP contribution in [-0.4, -0.2) is 36.0 Å². The van der Waals surface area contributed by atoms with E-state index >= 15 is 0 Å². The SMILES string of the molecule is CCOC(=O)C1=C(c2ccccc2)SC(=C2C(=S)C(C)(C)N(C(=O)CC)c3ccc(OC)cc32)S1. The number of rotatable bonds is 5. The number of thioether (sulfide) groups is 2. The fourth-order valence-corrected chi connectivity index (χ4v) is 7.32. The van der Waals surface area contributed by atoms with Gasteiger partial charge in [-0.3, -0.25) is 4.79 Å². The molecule has 0 fully saturated rings. The number of nitrogens with zero attached hydrogens (tertiary/aromatic N) is 1. The Balaban J connectivity index is 1.93. The van der Waals surface area contributed by atoms with Crippen molar-refractivity contribution in [3.8, 4) is 5.75 Å². The molecule has 8 heteroatoms. The monoisotopic (exact) mass is 525 g/mol. The molecule has 0 aliphatic carbocycles. The lowest BCUT2D eigenvalue weighted by Crippen LogP contribution is -2.55. The molecule has 0 N–H and O–H groups in total. The normalized spacial score (nSPS) is 19.0. The Morgan fingerprint density at radius 1 is 1.06 bits per heavy atom. The Morgan fingerprint density at radius 3 is 2.40 bits per heavy atom.